The molecule has 1 aliphatic heterocycles. The molecule has 1 N–H and O–H groups in total. The predicted octanol–water partition coefficient (Wildman–Crippen LogP) is 2.54. The zero-order valence-corrected chi connectivity index (χ0v) is 9.40. The maximum atomic E-state index is 4.42. The number of anilines is 1. The minimum atomic E-state index is 0.958. The fraction of sp³-hybridized carbons (Fsp3) is 0.308. The van der Waals surface area contributed by atoms with E-state index in [1.165, 1.54) is 16.8 Å². The number of nitrogens with zero attached hydrogens (tertiary/aromatic N) is 2. The number of nitrogens with one attached hydrogen (secondary N) is 1. The zero-order chi connectivity index (χ0) is 11.0. The highest BCUT2D eigenvalue weighted by molar-refractivity contribution is 5.67. The van der Waals surface area contributed by atoms with E-state index >= 15 is 0 Å². The lowest BCUT2D eigenvalue weighted by atomic mass is 10.1. The van der Waals surface area contributed by atoms with Crippen molar-refractivity contribution in [1.29, 1.82) is 0 Å². The highest BCUT2D eigenvalue weighted by atomic mass is 15.1. The van der Waals surface area contributed by atoms with Crippen molar-refractivity contribution in [2.45, 2.75) is 19.9 Å². The van der Waals surface area contributed by atoms with E-state index in [1.807, 2.05) is 12.4 Å². The van der Waals surface area contributed by atoms with Crippen molar-refractivity contribution < 1.29 is 0 Å². The summed E-state index contributed by atoms with van der Waals surface area (Å²) < 4.78 is 2.16. The van der Waals surface area contributed by atoms with Crippen molar-refractivity contribution in [2.24, 2.45) is 0 Å². The van der Waals surface area contributed by atoms with E-state index in [-0.39, 0.29) is 0 Å². The van der Waals surface area contributed by atoms with Crippen molar-refractivity contribution in [3.05, 3.63) is 36.2 Å². The monoisotopic (exact) mass is 213 g/mol. The van der Waals surface area contributed by atoms with Gasteiger partial charge in [-0.2, -0.15) is 0 Å². The highest BCUT2D eigenvalue weighted by Crippen LogP contribution is 2.28. The van der Waals surface area contributed by atoms with Gasteiger partial charge in [0.15, 0.2) is 0 Å². The molecule has 2 heterocycles. The lowest BCUT2D eigenvalue weighted by Gasteiger charge is -2.07. The average molecular weight is 213 g/mol. The Bertz CT molecular complexity index is 514. The Kier molecular flexibility index (Phi) is 2.17. The van der Waals surface area contributed by atoms with Crippen LogP contribution in [-0.4, -0.2) is 16.1 Å². The van der Waals surface area contributed by atoms with Gasteiger partial charge in [-0.05, 0) is 25.0 Å². The van der Waals surface area contributed by atoms with E-state index < -0.39 is 0 Å². The molecule has 3 nitrogen and oxygen atoms in total. The third-order valence-electron chi connectivity index (χ3n) is 3.13. The average Bonchev–Trinajstić information content (AvgIpc) is 2.96. The smallest absolute Gasteiger partial charge is 0.139 e. The molecule has 0 bridgehead atoms. The van der Waals surface area contributed by atoms with E-state index in [0.29, 0.717) is 0 Å². The third kappa shape index (κ3) is 1.40. The second-order valence-electron chi connectivity index (χ2n) is 4.09. The van der Waals surface area contributed by atoms with Crippen LogP contribution in [0.1, 0.15) is 12.5 Å². The Morgan fingerprint density at radius 3 is 3.25 bits per heavy atom. The quantitative estimate of drug-likeness (QED) is 0.830. The summed E-state index contributed by atoms with van der Waals surface area (Å²) in [6.45, 7) is 4.15. The minimum absolute atomic E-state index is 0.958. The van der Waals surface area contributed by atoms with Crippen LogP contribution >= 0.6 is 0 Å². The van der Waals surface area contributed by atoms with Gasteiger partial charge in [0.05, 0.1) is 0 Å². The van der Waals surface area contributed by atoms with Gasteiger partial charge in [-0.1, -0.05) is 12.1 Å². The number of rotatable bonds is 2. The Balaban J connectivity index is 2.07. The van der Waals surface area contributed by atoms with Crippen molar-refractivity contribution in [2.75, 3.05) is 11.9 Å². The Hall–Kier alpha value is -1.77. The molecule has 0 spiro atoms. The molecule has 0 saturated carbocycles. The van der Waals surface area contributed by atoms with Crippen LogP contribution in [0.25, 0.3) is 11.4 Å². The summed E-state index contributed by atoms with van der Waals surface area (Å²) >= 11 is 0. The maximum absolute atomic E-state index is 4.42. The maximum Gasteiger partial charge on any atom is 0.139 e. The molecule has 0 atom stereocenters. The molecule has 0 saturated heterocycles. The molecule has 0 aliphatic carbocycles. The molecular formula is C13H15N3. The van der Waals surface area contributed by atoms with Gasteiger partial charge in [-0.25, -0.2) is 4.98 Å². The van der Waals surface area contributed by atoms with Crippen LogP contribution in [0.2, 0.25) is 0 Å². The first kappa shape index (κ1) is 9.46. The fourth-order valence-electron chi connectivity index (χ4n) is 2.25. The summed E-state index contributed by atoms with van der Waals surface area (Å²) in [5, 5.41) is 3.40. The molecule has 0 radical (unpaired) electrons. The molecule has 82 valence electrons. The van der Waals surface area contributed by atoms with E-state index in [4.69, 9.17) is 0 Å². The Labute approximate surface area is 95.1 Å². The van der Waals surface area contributed by atoms with Crippen LogP contribution in [0.15, 0.2) is 30.6 Å². The van der Waals surface area contributed by atoms with Crippen molar-refractivity contribution in [3.63, 3.8) is 0 Å². The van der Waals surface area contributed by atoms with Crippen LogP contribution in [0.3, 0.4) is 0 Å². The van der Waals surface area contributed by atoms with Gasteiger partial charge in [-0.15, -0.1) is 0 Å². The van der Waals surface area contributed by atoms with Crippen LogP contribution in [0.5, 0.6) is 0 Å². The summed E-state index contributed by atoms with van der Waals surface area (Å²) in [5.74, 6) is 1.05. The van der Waals surface area contributed by atoms with Gasteiger partial charge >= 0.3 is 0 Å². The third-order valence-corrected chi connectivity index (χ3v) is 3.13. The molecule has 1 aliphatic rings. The van der Waals surface area contributed by atoms with E-state index in [0.717, 1.165) is 25.3 Å². The number of aryl methyl sites for hydroxylation is 1. The molecule has 1 aromatic heterocycles. The lowest BCUT2D eigenvalue weighted by molar-refractivity contribution is 0.771. The molecule has 3 rings (SSSR count). The number of hydrogen-bond acceptors (Lipinski definition) is 2. The highest BCUT2D eigenvalue weighted by Gasteiger charge is 2.12. The number of fused-ring (bicyclic) bond motifs is 1. The predicted molar refractivity (Wildman–Crippen MR) is 65.5 cm³/mol. The van der Waals surface area contributed by atoms with Crippen LogP contribution in [-0.2, 0) is 13.0 Å². The molecule has 1 aromatic carbocycles. The number of imidazole rings is 1. The summed E-state index contributed by atoms with van der Waals surface area (Å²) in [7, 11) is 0. The first-order chi connectivity index (χ1) is 7.88. The topological polar surface area (TPSA) is 29.9 Å². The lowest BCUT2D eigenvalue weighted by Crippen LogP contribution is -1.96. The van der Waals surface area contributed by atoms with Gasteiger partial charge in [0.1, 0.15) is 5.82 Å². The van der Waals surface area contributed by atoms with Crippen LogP contribution in [0, 0.1) is 0 Å². The minimum Gasteiger partial charge on any atom is -0.384 e. The van der Waals surface area contributed by atoms with Gasteiger partial charge in [0, 0.05) is 36.7 Å². The first-order valence-electron chi connectivity index (χ1n) is 5.77. The SMILES string of the molecule is CCn1ccnc1-c1ccc2c(c1)NCC2. The second-order valence-corrected chi connectivity index (χ2v) is 4.09. The van der Waals surface area contributed by atoms with E-state index in [2.05, 4.69) is 40.0 Å². The molecular weight excluding hydrogens is 198 g/mol. The zero-order valence-electron chi connectivity index (χ0n) is 9.40. The fourth-order valence-corrected chi connectivity index (χ4v) is 2.25. The molecule has 0 fully saturated rings. The Morgan fingerprint density at radius 2 is 2.38 bits per heavy atom. The molecule has 0 unspecified atom stereocenters. The molecule has 16 heavy (non-hydrogen) atoms. The summed E-state index contributed by atoms with van der Waals surface area (Å²) in [6.07, 6.45) is 5.02. The van der Waals surface area contributed by atoms with Gasteiger partial charge in [0.25, 0.3) is 0 Å². The summed E-state index contributed by atoms with van der Waals surface area (Å²) in [6, 6.07) is 6.58. The van der Waals surface area contributed by atoms with Crippen molar-refractivity contribution >= 4 is 5.69 Å². The Morgan fingerprint density at radius 1 is 1.44 bits per heavy atom. The first-order valence-corrected chi connectivity index (χ1v) is 5.77. The van der Waals surface area contributed by atoms with Crippen LogP contribution in [0.4, 0.5) is 5.69 Å². The van der Waals surface area contributed by atoms with Crippen molar-refractivity contribution in [1.82, 2.24) is 9.55 Å². The standard InChI is InChI=1S/C13H15N3/c1-2-16-8-7-15-13(16)11-4-3-10-5-6-14-12(10)9-11/h3-4,7-9,14H,2,5-6H2,1H3. The molecule has 2 aromatic rings. The van der Waals surface area contributed by atoms with E-state index in [9.17, 15) is 0 Å². The summed E-state index contributed by atoms with van der Waals surface area (Å²) in [5.41, 5.74) is 3.88. The number of hydrogen-bond donors (Lipinski definition) is 1. The van der Waals surface area contributed by atoms with E-state index in [1.54, 1.807) is 0 Å². The van der Waals surface area contributed by atoms with Crippen LogP contribution < -0.4 is 5.32 Å². The second kappa shape index (κ2) is 3.67. The van der Waals surface area contributed by atoms with Gasteiger partial charge in [-0.3, -0.25) is 0 Å². The summed E-state index contributed by atoms with van der Waals surface area (Å²) in [4.78, 5) is 4.42. The van der Waals surface area contributed by atoms with Gasteiger partial charge < -0.3 is 9.88 Å². The van der Waals surface area contributed by atoms with Gasteiger partial charge in [0.2, 0.25) is 0 Å². The number of benzene rings is 1. The normalized spacial score (nSPS) is 13.6. The largest absolute Gasteiger partial charge is 0.384 e. The molecule has 0 amide bonds. The number of aromatic nitrogens is 2. The van der Waals surface area contributed by atoms with Crippen molar-refractivity contribution in [3.8, 4) is 11.4 Å². The molecule has 3 heteroatoms.